The van der Waals surface area contributed by atoms with Crippen LogP contribution in [0.2, 0.25) is 0 Å². The van der Waals surface area contributed by atoms with E-state index in [-0.39, 0.29) is 0 Å². The molecular weight excluding hydrogens is 428 g/mol. The molecule has 3 aromatic rings. The van der Waals surface area contributed by atoms with Gasteiger partial charge in [-0.05, 0) is 40.2 Å². The molecular formula is C16H12Br2N2O3. The Hall–Kier alpha value is -1.86. The molecule has 0 bridgehead atoms. The maximum atomic E-state index is 5.89. The van der Waals surface area contributed by atoms with Gasteiger partial charge in [0.1, 0.15) is 17.6 Å². The highest BCUT2D eigenvalue weighted by Gasteiger charge is 2.13. The first-order valence-electron chi connectivity index (χ1n) is 6.66. The number of hydrogen-bond acceptors (Lipinski definition) is 5. The SMILES string of the molecule is COc1cc2ncnc(Oc3cccc(Br)c3)c2cc1OCBr. The molecule has 118 valence electrons. The van der Waals surface area contributed by atoms with E-state index in [0.717, 1.165) is 9.86 Å². The number of nitrogens with zero attached hydrogens (tertiary/aromatic N) is 2. The number of methoxy groups -OCH3 is 1. The van der Waals surface area contributed by atoms with Gasteiger partial charge in [-0.3, -0.25) is 0 Å². The molecule has 0 saturated heterocycles. The highest BCUT2D eigenvalue weighted by Crippen LogP contribution is 2.36. The van der Waals surface area contributed by atoms with Crippen LogP contribution in [0.25, 0.3) is 10.9 Å². The summed E-state index contributed by atoms with van der Waals surface area (Å²) in [6.45, 7) is 0. The molecule has 0 saturated carbocycles. The van der Waals surface area contributed by atoms with Gasteiger partial charge in [-0.15, -0.1) is 0 Å². The summed E-state index contributed by atoms with van der Waals surface area (Å²) in [5.41, 5.74) is 1.06. The minimum absolute atomic E-state index is 0.352. The number of ether oxygens (including phenoxy) is 3. The monoisotopic (exact) mass is 438 g/mol. The van der Waals surface area contributed by atoms with Crippen molar-refractivity contribution in [2.75, 3.05) is 12.6 Å². The minimum atomic E-state index is 0.352. The van der Waals surface area contributed by atoms with Crippen LogP contribution in [-0.2, 0) is 0 Å². The smallest absolute Gasteiger partial charge is 0.230 e. The zero-order valence-corrected chi connectivity index (χ0v) is 15.3. The minimum Gasteiger partial charge on any atom is -0.493 e. The van der Waals surface area contributed by atoms with E-state index in [0.29, 0.717) is 34.2 Å². The Labute approximate surface area is 149 Å². The Bertz CT molecular complexity index is 843. The second-order valence-corrected chi connectivity index (χ2v) is 5.89. The molecule has 5 nitrogen and oxygen atoms in total. The fourth-order valence-electron chi connectivity index (χ4n) is 2.09. The Morgan fingerprint density at radius 3 is 2.70 bits per heavy atom. The molecule has 23 heavy (non-hydrogen) atoms. The summed E-state index contributed by atoms with van der Waals surface area (Å²) in [4.78, 5) is 8.50. The first-order valence-corrected chi connectivity index (χ1v) is 8.57. The highest BCUT2D eigenvalue weighted by atomic mass is 79.9. The maximum absolute atomic E-state index is 5.89. The number of halogens is 2. The van der Waals surface area contributed by atoms with Gasteiger partial charge in [0.05, 0.1) is 18.0 Å². The average Bonchev–Trinajstić information content (AvgIpc) is 2.55. The molecule has 1 heterocycles. The lowest BCUT2D eigenvalue weighted by molar-refractivity contribution is 0.347. The second kappa shape index (κ2) is 7.14. The van der Waals surface area contributed by atoms with E-state index >= 15 is 0 Å². The van der Waals surface area contributed by atoms with E-state index in [1.807, 2.05) is 30.3 Å². The molecule has 1 aromatic heterocycles. The van der Waals surface area contributed by atoms with Crippen molar-refractivity contribution in [3.8, 4) is 23.1 Å². The van der Waals surface area contributed by atoms with Crippen LogP contribution in [0.3, 0.4) is 0 Å². The lowest BCUT2D eigenvalue weighted by Gasteiger charge is -2.12. The number of alkyl halides is 1. The van der Waals surface area contributed by atoms with Crippen molar-refractivity contribution >= 4 is 42.8 Å². The molecule has 0 spiro atoms. The average molecular weight is 440 g/mol. The Kier molecular flexibility index (Phi) is 4.97. The fraction of sp³-hybridized carbons (Fsp3) is 0.125. The van der Waals surface area contributed by atoms with E-state index in [1.54, 1.807) is 13.2 Å². The van der Waals surface area contributed by atoms with Gasteiger partial charge in [-0.25, -0.2) is 9.97 Å². The Morgan fingerprint density at radius 2 is 1.96 bits per heavy atom. The molecule has 2 aromatic carbocycles. The molecule has 0 aliphatic rings. The van der Waals surface area contributed by atoms with E-state index in [2.05, 4.69) is 41.8 Å². The van der Waals surface area contributed by atoms with Gasteiger partial charge in [0, 0.05) is 10.5 Å². The summed E-state index contributed by atoms with van der Waals surface area (Å²) in [6, 6.07) is 11.2. The summed E-state index contributed by atoms with van der Waals surface area (Å²) in [5.74, 6) is 2.32. The number of hydrogen-bond donors (Lipinski definition) is 0. The number of rotatable bonds is 5. The summed E-state index contributed by atoms with van der Waals surface area (Å²) in [6.07, 6.45) is 1.46. The molecule has 0 unspecified atom stereocenters. The van der Waals surface area contributed by atoms with Crippen LogP contribution in [0.4, 0.5) is 0 Å². The fourth-order valence-corrected chi connectivity index (χ4v) is 2.72. The summed E-state index contributed by atoms with van der Waals surface area (Å²) < 4.78 is 17.7. The normalized spacial score (nSPS) is 10.6. The van der Waals surface area contributed by atoms with Crippen molar-refractivity contribution in [1.82, 2.24) is 9.97 Å². The molecule has 0 aliphatic carbocycles. The van der Waals surface area contributed by atoms with E-state index in [9.17, 15) is 0 Å². The third kappa shape index (κ3) is 3.56. The Morgan fingerprint density at radius 1 is 1.09 bits per heavy atom. The molecule has 0 atom stereocenters. The molecule has 0 radical (unpaired) electrons. The summed E-state index contributed by atoms with van der Waals surface area (Å²) in [5, 5.41) is 0.740. The van der Waals surface area contributed by atoms with E-state index in [1.165, 1.54) is 6.33 Å². The topological polar surface area (TPSA) is 53.5 Å². The van der Waals surface area contributed by atoms with Crippen LogP contribution in [0.5, 0.6) is 23.1 Å². The molecule has 0 amide bonds. The number of aromatic nitrogens is 2. The van der Waals surface area contributed by atoms with Crippen LogP contribution in [0, 0.1) is 0 Å². The quantitative estimate of drug-likeness (QED) is 0.528. The predicted octanol–water partition coefficient (Wildman–Crippen LogP) is 4.92. The number of fused-ring (bicyclic) bond motifs is 1. The largest absolute Gasteiger partial charge is 0.493 e. The molecule has 0 aliphatic heterocycles. The lowest BCUT2D eigenvalue weighted by Crippen LogP contribution is -1.96. The standard InChI is InChI=1S/C16H12Br2N2O3/c1-21-14-7-13-12(6-15(14)22-8-17)16(20-9-19-13)23-11-4-2-3-10(18)5-11/h2-7,9H,8H2,1H3. The van der Waals surface area contributed by atoms with E-state index < -0.39 is 0 Å². The molecule has 3 rings (SSSR count). The van der Waals surface area contributed by atoms with Crippen LogP contribution >= 0.6 is 31.9 Å². The van der Waals surface area contributed by atoms with Crippen LogP contribution < -0.4 is 14.2 Å². The van der Waals surface area contributed by atoms with Crippen LogP contribution in [0.15, 0.2) is 47.2 Å². The summed E-state index contributed by atoms with van der Waals surface area (Å²) >= 11 is 6.67. The van der Waals surface area contributed by atoms with Gasteiger partial charge in [0.15, 0.2) is 11.5 Å². The summed E-state index contributed by atoms with van der Waals surface area (Å²) in [7, 11) is 1.59. The van der Waals surface area contributed by atoms with Gasteiger partial charge in [-0.2, -0.15) is 0 Å². The van der Waals surface area contributed by atoms with Crippen molar-refractivity contribution in [2.45, 2.75) is 0 Å². The molecule has 7 heteroatoms. The third-order valence-electron chi connectivity index (χ3n) is 3.10. The van der Waals surface area contributed by atoms with Crippen molar-refractivity contribution in [1.29, 1.82) is 0 Å². The van der Waals surface area contributed by atoms with Crippen molar-refractivity contribution in [3.63, 3.8) is 0 Å². The molecule has 0 fully saturated rings. The maximum Gasteiger partial charge on any atom is 0.230 e. The van der Waals surface area contributed by atoms with Gasteiger partial charge in [0.25, 0.3) is 0 Å². The second-order valence-electron chi connectivity index (χ2n) is 4.51. The highest BCUT2D eigenvalue weighted by molar-refractivity contribution is 9.10. The van der Waals surface area contributed by atoms with Crippen LogP contribution in [-0.4, -0.2) is 22.6 Å². The van der Waals surface area contributed by atoms with Gasteiger partial charge in [-0.1, -0.05) is 22.0 Å². The van der Waals surface area contributed by atoms with E-state index in [4.69, 9.17) is 14.2 Å². The zero-order valence-electron chi connectivity index (χ0n) is 12.1. The number of benzene rings is 2. The van der Waals surface area contributed by atoms with Gasteiger partial charge in [0.2, 0.25) is 5.88 Å². The Balaban J connectivity index is 2.08. The van der Waals surface area contributed by atoms with Crippen molar-refractivity contribution < 1.29 is 14.2 Å². The van der Waals surface area contributed by atoms with Crippen molar-refractivity contribution in [2.24, 2.45) is 0 Å². The third-order valence-corrected chi connectivity index (χ3v) is 3.83. The predicted molar refractivity (Wildman–Crippen MR) is 94.7 cm³/mol. The first kappa shape index (κ1) is 16.0. The van der Waals surface area contributed by atoms with Crippen LogP contribution in [0.1, 0.15) is 0 Å². The zero-order chi connectivity index (χ0) is 16.2. The van der Waals surface area contributed by atoms with Gasteiger partial charge < -0.3 is 14.2 Å². The van der Waals surface area contributed by atoms with Crippen molar-refractivity contribution in [3.05, 3.63) is 47.2 Å². The molecule has 0 N–H and O–H groups in total. The van der Waals surface area contributed by atoms with Gasteiger partial charge >= 0.3 is 0 Å². The lowest BCUT2D eigenvalue weighted by atomic mass is 10.2. The first-order chi connectivity index (χ1) is 11.2.